The molecular weight excluding hydrogens is 271 g/mol. The second-order valence-corrected chi connectivity index (χ2v) is 5.53. The van der Waals surface area contributed by atoms with Gasteiger partial charge in [0, 0.05) is 11.5 Å². The van der Waals surface area contributed by atoms with Gasteiger partial charge in [0.05, 0.1) is 0 Å². The third-order valence-corrected chi connectivity index (χ3v) is 2.69. The van der Waals surface area contributed by atoms with E-state index in [0.29, 0.717) is 5.82 Å². The summed E-state index contributed by atoms with van der Waals surface area (Å²) in [6.45, 7) is 5.82. The molecule has 6 heteroatoms. The van der Waals surface area contributed by atoms with Crippen molar-refractivity contribution >= 4 is 5.82 Å². The Labute approximate surface area is 122 Å². The van der Waals surface area contributed by atoms with Crippen molar-refractivity contribution in [1.29, 1.82) is 5.26 Å². The number of hydrogen-bond acceptors (Lipinski definition) is 5. The van der Waals surface area contributed by atoms with Gasteiger partial charge in [0.25, 0.3) is 0 Å². The summed E-state index contributed by atoms with van der Waals surface area (Å²) in [4.78, 5) is 8.41. The summed E-state index contributed by atoms with van der Waals surface area (Å²) in [6, 6.07) is 7.35. The van der Waals surface area contributed by atoms with Crippen molar-refractivity contribution < 1.29 is 9.13 Å². The van der Waals surface area contributed by atoms with Gasteiger partial charge in [0.15, 0.2) is 0 Å². The summed E-state index contributed by atoms with van der Waals surface area (Å²) < 4.78 is 19.0. The lowest BCUT2D eigenvalue weighted by Gasteiger charge is -2.17. The first-order valence-corrected chi connectivity index (χ1v) is 6.33. The maximum Gasteiger partial charge on any atom is 0.224 e. The van der Waals surface area contributed by atoms with Crippen molar-refractivity contribution in [1.82, 2.24) is 9.97 Å². The van der Waals surface area contributed by atoms with E-state index in [-0.39, 0.29) is 28.4 Å². The molecular formula is C15H15FN4O. The minimum Gasteiger partial charge on any atom is -0.437 e. The molecule has 2 rings (SSSR count). The second-order valence-electron chi connectivity index (χ2n) is 5.53. The van der Waals surface area contributed by atoms with Gasteiger partial charge in [-0.25, -0.2) is 9.37 Å². The third-order valence-electron chi connectivity index (χ3n) is 2.69. The molecule has 0 atom stereocenters. The van der Waals surface area contributed by atoms with Crippen molar-refractivity contribution in [3.8, 4) is 17.7 Å². The molecule has 0 aliphatic carbocycles. The van der Waals surface area contributed by atoms with Crippen LogP contribution in [0.15, 0.2) is 24.3 Å². The van der Waals surface area contributed by atoms with E-state index in [4.69, 9.17) is 15.7 Å². The second kappa shape index (κ2) is 5.37. The van der Waals surface area contributed by atoms with Crippen LogP contribution < -0.4 is 10.5 Å². The number of benzene rings is 1. The molecule has 1 aromatic heterocycles. The lowest BCUT2D eigenvalue weighted by atomic mass is 9.96. The molecule has 2 N–H and O–H groups in total. The van der Waals surface area contributed by atoms with Crippen molar-refractivity contribution in [2.45, 2.75) is 26.2 Å². The fraction of sp³-hybridized carbons (Fsp3) is 0.267. The maximum absolute atomic E-state index is 13.5. The summed E-state index contributed by atoms with van der Waals surface area (Å²) in [5.74, 6) is 0.380. The van der Waals surface area contributed by atoms with Gasteiger partial charge < -0.3 is 10.5 Å². The van der Waals surface area contributed by atoms with Gasteiger partial charge in [-0.1, -0.05) is 26.8 Å². The molecule has 0 fully saturated rings. The molecule has 5 nitrogen and oxygen atoms in total. The van der Waals surface area contributed by atoms with E-state index in [1.165, 1.54) is 24.3 Å². The number of nitrogens with zero attached hydrogens (tertiary/aromatic N) is 3. The Morgan fingerprint density at radius 3 is 2.62 bits per heavy atom. The molecule has 2 aromatic rings. The topological polar surface area (TPSA) is 84.8 Å². The Balaban J connectivity index is 2.44. The molecule has 1 heterocycles. The number of halogens is 1. The lowest BCUT2D eigenvalue weighted by Crippen LogP contribution is -2.17. The molecule has 0 spiro atoms. The summed E-state index contributed by atoms with van der Waals surface area (Å²) in [5, 5.41) is 8.99. The van der Waals surface area contributed by atoms with E-state index in [0.717, 1.165) is 0 Å². The number of hydrogen-bond donors (Lipinski definition) is 1. The lowest BCUT2D eigenvalue weighted by molar-refractivity contribution is 0.441. The first-order valence-electron chi connectivity index (χ1n) is 6.33. The van der Waals surface area contributed by atoms with Crippen molar-refractivity contribution in [2.75, 3.05) is 5.73 Å². The van der Waals surface area contributed by atoms with Crippen LogP contribution in [0.1, 0.15) is 32.2 Å². The highest BCUT2D eigenvalue weighted by atomic mass is 19.1. The van der Waals surface area contributed by atoms with E-state index >= 15 is 0 Å². The molecule has 0 aliphatic rings. The van der Waals surface area contributed by atoms with Gasteiger partial charge in [-0.2, -0.15) is 10.2 Å². The molecule has 0 aliphatic heterocycles. The van der Waals surface area contributed by atoms with Gasteiger partial charge in [0.1, 0.15) is 34.8 Å². The van der Waals surface area contributed by atoms with Crippen LogP contribution in [0.5, 0.6) is 11.6 Å². The van der Waals surface area contributed by atoms with Gasteiger partial charge in [-0.15, -0.1) is 0 Å². The first-order chi connectivity index (χ1) is 9.81. The van der Waals surface area contributed by atoms with E-state index in [9.17, 15) is 4.39 Å². The van der Waals surface area contributed by atoms with Crippen molar-refractivity contribution in [2.24, 2.45) is 0 Å². The number of anilines is 1. The predicted molar refractivity (Wildman–Crippen MR) is 76.3 cm³/mol. The van der Waals surface area contributed by atoms with Crippen molar-refractivity contribution in [3.05, 3.63) is 41.5 Å². The Kier molecular flexibility index (Phi) is 3.76. The van der Waals surface area contributed by atoms with E-state index in [2.05, 4.69) is 9.97 Å². The monoisotopic (exact) mass is 286 g/mol. The van der Waals surface area contributed by atoms with Crippen LogP contribution in [0.25, 0.3) is 0 Å². The van der Waals surface area contributed by atoms with Crippen LogP contribution in [0.4, 0.5) is 10.2 Å². The number of nitriles is 1. The van der Waals surface area contributed by atoms with Crippen LogP contribution in [-0.2, 0) is 5.41 Å². The number of ether oxygens (including phenoxy) is 1. The van der Waals surface area contributed by atoms with E-state index in [1.54, 1.807) is 6.07 Å². The SMILES string of the molecule is CC(C)(C)c1nc(N)cc(Oc2cccc(F)c2C#N)n1. The van der Waals surface area contributed by atoms with Crippen LogP contribution in [0.3, 0.4) is 0 Å². The molecule has 0 unspecified atom stereocenters. The normalized spacial score (nSPS) is 11.0. The van der Waals surface area contributed by atoms with Crippen LogP contribution in [0, 0.1) is 17.1 Å². The summed E-state index contributed by atoms with van der Waals surface area (Å²) in [6.07, 6.45) is 0. The molecule has 0 saturated carbocycles. The Bertz CT molecular complexity index is 717. The summed E-state index contributed by atoms with van der Waals surface area (Å²) in [5.41, 5.74) is 5.25. The highest BCUT2D eigenvalue weighted by molar-refractivity contribution is 5.46. The largest absolute Gasteiger partial charge is 0.437 e. The molecule has 21 heavy (non-hydrogen) atoms. The summed E-state index contributed by atoms with van der Waals surface area (Å²) in [7, 11) is 0. The average molecular weight is 286 g/mol. The maximum atomic E-state index is 13.5. The average Bonchev–Trinajstić information content (AvgIpc) is 2.37. The zero-order valence-electron chi connectivity index (χ0n) is 12.0. The molecule has 0 amide bonds. The Hall–Kier alpha value is -2.68. The molecule has 108 valence electrons. The third kappa shape index (κ3) is 3.26. The predicted octanol–water partition coefficient (Wildman–Crippen LogP) is 3.16. The molecule has 1 aromatic carbocycles. The highest BCUT2D eigenvalue weighted by Crippen LogP contribution is 2.28. The zero-order valence-corrected chi connectivity index (χ0v) is 12.0. The summed E-state index contributed by atoms with van der Waals surface area (Å²) >= 11 is 0. The number of aromatic nitrogens is 2. The fourth-order valence-corrected chi connectivity index (χ4v) is 1.64. The van der Waals surface area contributed by atoms with Crippen LogP contribution >= 0.6 is 0 Å². The number of nitrogen functional groups attached to an aromatic ring is 1. The number of rotatable bonds is 2. The fourth-order valence-electron chi connectivity index (χ4n) is 1.64. The quantitative estimate of drug-likeness (QED) is 0.916. The molecule has 0 saturated heterocycles. The number of nitrogens with two attached hydrogens (primary N) is 1. The van der Waals surface area contributed by atoms with Gasteiger partial charge in [-0.05, 0) is 12.1 Å². The van der Waals surface area contributed by atoms with Gasteiger partial charge >= 0.3 is 0 Å². The van der Waals surface area contributed by atoms with Gasteiger partial charge in [0.2, 0.25) is 5.88 Å². The Morgan fingerprint density at radius 1 is 1.29 bits per heavy atom. The molecule has 0 bridgehead atoms. The van der Waals surface area contributed by atoms with E-state index in [1.807, 2.05) is 20.8 Å². The Morgan fingerprint density at radius 2 is 2.00 bits per heavy atom. The van der Waals surface area contributed by atoms with Crippen LogP contribution in [-0.4, -0.2) is 9.97 Å². The van der Waals surface area contributed by atoms with Crippen LogP contribution in [0.2, 0.25) is 0 Å². The molecule has 0 radical (unpaired) electrons. The minimum absolute atomic E-state index is 0.0930. The first kappa shape index (κ1) is 14.7. The van der Waals surface area contributed by atoms with Gasteiger partial charge in [-0.3, -0.25) is 0 Å². The standard InChI is InChI=1S/C15H15FN4O/c1-15(2,3)14-19-12(18)7-13(20-14)21-11-6-4-5-10(16)9(11)8-17/h4-7H,1-3H3,(H2,18,19,20). The zero-order chi connectivity index (χ0) is 15.6. The van der Waals surface area contributed by atoms with E-state index < -0.39 is 5.82 Å². The van der Waals surface area contributed by atoms with Crippen molar-refractivity contribution in [3.63, 3.8) is 0 Å². The minimum atomic E-state index is -0.645. The smallest absolute Gasteiger partial charge is 0.224 e. The highest BCUT2D eigenvalue weighted by Gasteiger charge is 2.20.